The fourth-order valence-corrected chi connectivity index (χ4v) is 5.28. The summed E-state index contributed by atoms with van der Waals surface area (Å²) in [6.45, 7) is 8.93. The number of anilines is 1. The number of aryl methyl sites for hydroxylation is 1. The molecule has 0 aliphatic carbocycles. The predicted octanol–water partition coefficient (Wildman–Crippen LogP) is 6.49. The highest BCUT2D eigenvalue weighted by Crippen LogP contribution is 2.27. The number of carbonyl (C=O) groups excluding carboxylic acids is 1. The molecule has 0 atom stereocenters. The van der Waals surface area contributed by atoms with E-state index in [9.17, 15) is 4.79 Å². The minimum Gasteiger partial charge on any atom is -0.369 e. The molecule has 8 heteroatoms. The van der Waals surface area contributed by atoms with E-state index in [2.05, 4.69) is 55.2 Å². The molecule has 1 fully saturated rings. The highest BCUT2D eigenvalue weighted by atomic mass is 35.5. The number of benzene rings is 3. The van der Waals surface area contributed by atoms with Crippen molar-refractivity contribution in [2.24, 2.45) is 5.10 Å². The molecule has 0 saturated carbocycles. The first-order valence-corrected chi connectivity index (χ1v) is 13.7. The van der Waals surface area contributed by atoms with Crippen molar-refractivity contribution in [1.29, 1.82) is 0 Å². The van der Waals surface area contributed by atoms with E-state index in [1.807, 2.05) is 56.3 Å². The Bertz CT molecular complexity index is 1470. The molecule has 5 rings (SSSR count). The van der Waals surface area contributed by atoms with Crippen LogP contribution in [0.3, 0.4) is 0 Å². The highest BCUT2D eigenvalue weighted by Gasteiger charge is 2.17. The number of piperazine rings is 1. The second-order valence-electron chi connectivity index (χ2n) is 9.76. The maximum atomic E-state index is 12.7. The lowest BCUT2D eigenvalue weighted by molar-refractivity contribution is 0.0955. The van der Waals surface area contributed by atoms with Crippen LogP contribution >= 0.6 is 23.2 Å². The van der Waals surface area contributed by atoms with Crippen molar-refractivity contribution >= 4 is 41.0 Å². The number of rotatable bonds is 7. The van der Waals surface area contributed by atoms with Gasteiger partial charge in [-0.1, -0.05) is 53.5 Å². The first-order valence-electron chi connectivity index (χ1n) is 13.0. The van der Waals surface area contributed by atoms with Crippen LogP contribution < -0.4 is 10.3 Å². The molecular formula is C31H31Cl2N5O. The molecule has 0 unspecified atom stereocenters. The molecular weight excluding hydrogens is 529 g/mol. The topological polar surface area (TPSA) is 52.9 Å². The first-order chi connectivity index (χ1) is 18.9. The summed E-state index contributed by atoms with van der Waals surface area (Å²) >= 11 is 12.3. The number of nitrogens with one attached hydrogen (secondary N) is 1. The Balaban J connectivity index is 1.15. The van der Waals surface area contributed by atoms with E-state index in [-0.39, 0.29) is 5.91 Å². The molecule has 1 aliphatic heterocycles. The van der Waals surface area contributed by atoms with Crippen LogP contribution in [0.25, 0.3) is 5.69 Å². The van der Waals surface area contributed by atoms with Gasteiger partial charge in [-0.05, 0) is 67.9 Å². The number of nitrogens with zero attached hydrogens (tertiary/aromatic N) is 4. The van der Waals surface area contributed by atoms with E-state index in [1.165, 1.54) is 11.3 Å². The molecule has 0 spiro atoms. The van der Waals surface area contributed by atoms with Gasteiger partial charge in [0.25, 0.3) is 5.91 Å². The third-order valence-electron chi connectivity index (χ3n) is 7.12. The summed E-state index contributed by atoms with van der Waals surface area (Å²) < 4.78 is 2.08. The average Bonchev–Trinajstić information content (AvgIpc) is 3.24. The number of para-hydroxylation sites is 1. The molecule has 1 aliphatic rings. The van der Waals surface area contributed by atoms with Gasteiger partial charge in [-0.3, -0.25) is 9.69 Å². The molecule has 1 aromatic heterocycles. The Hall–Kier alpha value is -3.58. The van der Waals surface area contributed by atoms with Gasteiger partial charge in [0.2, 0.25) is 0 Å². The SMILES string of the molecule is Cc1cc(/C=N\NC(=O)c2ccc(CN3CCN(c4ccccc4)CC3)cc2)c(C)n1-c1ccc(Cl)c(Cl)c1. The van der Waals surface area contributed by atoms with Crippen molar-refractivity contribution in [1.82, 2.24) is 14.9 Å². The van der Waals surface area contributed by atoms with Crippen LogP contribution in [0.4, 0.5) is 5.69 Å². The second kappa shape index (κ2) is 12.1. The lowest BCUT2D eigenvalue weighted by Gasteiger charge is -2.36. The molecule has 1 saturated heterocycles. The molecule has 4 aromatic rings. The standard InChI is InChI=1S/C31H31Cl2N5O/c1-22-18-26(23(2)38(22)28-12-13-29(32)30(33)19-28)20-34-35-31(39)25-10-8-24(9-11-25)21-36-14-16-37(17-15-36)27-6-4-3-5-7-27/h3-13,18-20H,14-17,21H2,1-2H3,(H,35,39)/b34-20-. The molecule has 200 valence electrons. The molecule has 3 aromatic carbocycles. The lowest BCUT2D eigenvalue weighted by atomic mass is 10.1. The maximum Gasteiger partial charge on any atom is 0.271 e. The monoisotopic (exact) mass is 559 g/mol. The lowest BCUT2D eigenvalue weighted by Crippen LogP contribution is -2.45. The van der Waals surface area contributed by atoms with Gasteiger partial charge in [0.1, 0.15) is 0 Å². The van der Waals surface area contributed by atoms with Gasteiger partial charge in [0.05, 0.1) is 16.3 Å². The zero-order valence-electron chi connectivity index (χ0n) is 22.1. The van der Waals surface area contributed by atoms with E-state index < -0.39 is 0 Å². The number of hydrogen-bond donors (Lipinski definition) is 1. The summed E-state index contributed by atoms with van der Waals surface area (Å²) in [5, 5.41) is 5.23. The normalized spacial score (nSPS) is 14.2. The van der Waals surface area contributed by atoms with Gasteiger partial charge in [-0.15, -0.1) is 0 Å². The summed E-state index contributed by atoms with van der Waals surface area (Å²) in [7, 11) is 0. The van der Waals surface area contributed by atoms with Crippen molar-refractivity contribution in [2.45, 2.75) is 20.4 Å². The number of halogens is 2. The summed E-state index contributed by atoms with van der Waals surface area (Å²) in [5.74, 6) is -0.243. The van der Waals surface area contributed by atoms with Gasteiger partial charge >= 0.3 is 0 Å². The summed E-state index contributed by atoms with van der Waals surface area (Å²) in [6, 6.07) is 25.9. The van der Waals surface area contributed by atoms with Gasteiger partial charge < -0.3 is 9.47 Å². The summed E-state index contributed by atoms with van der Waals surface area (Å²) in [4.78, 5) is 17.6. The molecule has 39 heavy (non-hydrogen) atoms. The van der Waals surface area contributed by atoms with E-state index >= 15 is 0 Å². The van der Waals surface area contributed by atoms with Crippen molar-refractivity contribution < 1.29 is 4.79 Å². The van der Waals surface area contributed by atoms with Crippen LogP contribution in [0, 0.1) is 13.8 Å². The number of hydrogen-bond acceptors (Lipinski definition) is 4. The van der Waals surface area contributed by atoms with Crippen LogP contribution in [0.1, 0.15) is 32.9 Å². The molecule has 6 nitrogen and oxygen atoms in total. The Kier molecular flexibility index (Phi) is 8.36. The van der Waals surface area contributed by atoms with E-state index in [4.69, 9.17) is 23.2 Å². The van der Waals surface area contributed by atoms with Gasteiger partial charge in [0.15, 0.2) is 0 Å². The number of amides is 1. The smallest absolute Gasteiger partial charge is 0.271 e. The molecule has 0 bridgehead atoms. The van der Waals surface area contributed by atoms with Crippen LogP contribution in [-0.4, -0.2) is 47.8 Å². The Morgan fingerprint density at radius 1 is 0.872 bits per heavy atom. The van der Waals surface area contributed by atoms with Crippen LogP contribution in [-0.2, 0) is 6.54 Å². The van der Waals surface area contributed by atoms with Crippen LogP contribution in [0.15, 0.2) is 84.0 Å². The zero-order chi connectivity index (χ0) is 27.4. The Labute approximate surface area is 239 Å². The summed E-state index contributed by atoms with van der Waals surface area (Å²) in [6.07, 6.45) is 1.66. The van der Waals surface area contributed by atoms with Crippen molar-refractivity contribution in [3.05, 3.63) is 117 Å². The maximum absolute atomic E-state index is 12.7. The minimum absolute atomic E-state index is 0.243. The predicted molar refractivity (Wildman–Crippen MR) is 161 cm³/mol. The van der Waals surface area contributed by atoms with Crippen LogP contribution in [0.5, 0.6) is 0 Å². The van der Waals surface area contributed by atoms with Crippen molar-refractivity contribution in [3.63, 3.8) is 0 Å². The summed E-state index contributed by atoms with van der Waals surface area (Å²) in [5.41, 5.74) is 9.53. The molecule has 1 N–H and O–H groups in total. The average molecular weight is 561 g/mol. The largest absolute Gasteiger partial charge is 0.369 e. The van der Waals surface area contributed by atoms with Crippen molar-refractivity contribution in [2.75, 3.05) is 31.1 Å². The number of aromatic nitrogens is 1. The third kappa shape index (κ3) is 6.36. The van der Waals surface area contributed by atoms with E-state index in [0.29, 0.717) is 15.6 Å². The second-order valence-corrected chi connectivity index (χ2v) is 10.6. The molecule has 2 heterocycles. The van der Waals surface area contributed by atoms with Crippen LogP contribution in [0.2, 0.25) is 10.0 Å². The Morgan fingerprint density at radius 2 is 1.59 bits per heavy atom. The fraction of sp³-hybridized carbons (Fsp3) is 0.226. The molecule has 1 amide bonds. The third-order valence-corrected chi connectivity index (χ3v) is 7.86. The zero-order valence-corrected chi connectivity index (χ0v) is 23.6. The fourth-order valence-electron chi connectivity index (χ4n) is 4.99. The quantitative estimate of drug-likeness (QED) is 0.208. The van der Waals surface area contributed by atoms with Gasteiger partial charge in [-0.2, -0.15) is 5.10 Å². The van der Waals surface area contributed by atoms with Gasteiger partial charge in [-0.25, -0.2) is 5.43 Å². The van der Waals surface area contributed by atoms with Crippen molar-refractivity contribution in [3.8, 4) is 5.69 Å². The van der Waals surface area contributed by atoms with E-state index in [1.54, 1.807) is 12.3 Å². The molecule has 0 radical (unpaired) electrons. The Morgan fingerprint density at radius 3 is 2.28 bits per heavy atom. The number of carbonyl (C=O) groups is 1. The van der Waals surface area contributed by atoms with E-state index in [0.717, 1.165) is 55.4 Å². The number of hydrazone groups is 1. The first kappa shape index (κ1) is 27.0. The van der Waals surface area contributed by atoms with Gasteiger partial charge in [0, 0.05) is 66.6 Å². The highest BCUT2D eigenvalue weighted by molar-refractivity contribution is 6.42. The minimum atomic E-state index is -0.243.